The maximum atomic E-state index is 12.4. The molecule has 30 heavy (non-hydrogen) atoms. The number of fused-ring (bicyclic) bond motifs is 1. The Labute approximate surface area is 175 Å². The number of hydrogen-bond acceptors (Lipinski definition) is 5. The van der Waals surface area contributed by atoms with Crippen LogP contribution in [0, 0.1) is 6.92 Å². The number of ether oxygens (including phenoxy) is 2. The normalized spacial score (nSPS) is 11.4. The summed E-state index contributed by atoms with van der Waals surface area (Å²) in [6, 6.07) is 12.9. The zero-order valence-electron chi connectivity index (χ0n) is 17.5. The van der Waals surface area contributed by atoms with Crippen LogP contribution in [0.1, 0.15) is 41.4 Å². The van der Waals surface area contributed by atoms with Gasteiger partial charge in [-0.1, -0.05) is 18.2 Å². The molecule has 0 unspecified atom stereocenters. The van der Waals surface area contributed by atoms with Crippen LogP contribution in [0.4, 0.5) is 0 Å². The molecule has 0 saturated heterocycles. The highest BCUT2D eigenvalue weighted by Gasteiger charge is 2.14. The van der Waals surface area contributed by atoms with Gasteiger partial charge in [0.2, 0.25) is 5.91 Å². The van der Waals surface area contributed by atoms with Crippen LogP contribution in [0.2, 0.25) is 0 Å². The van der Waals surface area contributed by atoms with Crippen LogP contribution in [0.5, 0.6) is 11.5 Å². The summed E-state index contributed by atoms with van der Waals surface area (Å²) >= 11 is 0. The topological polar surface area (TPSA) is 92.8 Å². The van der Waals surface area contributed by atoms with E-state index < -0.39 is 0 Å². The third kappa shape index (κ3) is 4.51. The van der Waals surface area contributed by atoms with E-state index in [0.29, 0.717) is 22.8 Å². The highest BCUT2D eigenvalue weighted by atomic mass is 16.5. The minimum Gasteiger partial charge on any atom is -0.493 e. The van der Waals surface area contributed by atoms with Crippen molar-refractivity contribution in [2.75, 3.05) is 14.2 Å². The molecule has 1 heterocycles. The molecule has 1 aromatic heterocycles. The lowest BCUT2D eigenvalue weighted by atomic mass is 10.1. The molecular weight excluding hydrogens is 382 g/mol. The van der Waals surface area contributed by atoms with Crippen molar-refractivity contribution in [3.05, 3.63) is 59.3 Å². The number of methoxy groups -OCH3 is 2. The molecular formula is C23H25N3O4. The van der Waals surface area contributed by atoms with E-state index in [4.69, 9.17) is 9.47 Å². The number of hydrogen-bond donors (Lipinski definition) is 2. The minimum atomic E-state index is -0.319. The van der Waals surface area contributed by atoms with E-state index in [1.165, 1.54) is 14.2 Å². The second-order valence-electron chi connectivity index (χ2n) is 6.90. The maximum Gasteiger partial charge on any atom is 0.240 e. The Hall–Kier alpha value is -3.61. The first-order chi connectivity index (χ1) is 14.4. The Morgan fingerprint density at radius 2 is 1.77 bits per heavy atom. The number of ketones is 1. The molecule has 7 nitrogen and oxygen atoms in total. The van der Waals surface area contributed by atoms with Crippen molar-refractivity contribution in [3.8, 4) is 11.5 Å². The second-order valence-corrected chi connectivity index (χ2v) is 6.90. The number of para-hydroxylation sites is 1. The highest BCUT2D eigenvalue weighted by molar-refractivity contribution is 6.11. The molecule has 0 aliphatic rings. The van der Waals surface area contributed by atoms with Crippen molar-refractivity contribution < 1.29 is 19.1 Å². The summed E-state index contributed by atoms with van der Waals surface area (Å²) in [5.74, 6) is 0.547. The van der Waals surface area contributed by atoms with E-state index >= 15 is 0 Å². The lowest BCUT2D eigenvalue weighted by molar-refractivity contribution is -0.121. The van der Waals surface area contributed by atoms with E-state index in [2.05, 4.69) is 15.5 Å². The molecule has 0 atom stereocenters. The van der Waals surface area contributed by atoms with E-state index in [9.17, 15) is 9.59 Å². The number of Topliss-reactive ketones (excluding diaryl/α,β-unsaturated/α-hetero) is 1. The molecule has 0 aliphatic heterocycles. The lowest BCUT2D eigenvalue weighted by Crippen LogP contribution is -2.20. The molecule has 2 aromatic carbocycles. The van der Waals surface area contributed by atoms with Crippen molar-refractivity contribution in [1.29, 1.82) is 0 Å². The number of aromatic amines is 1. The van der Waals surface area contributed by atoms with Gasteiger partial charge in [-0.25, -0.2) is 5.43 Å². The summed E-state index contributed by atoms with van der Waals surface area (Å²) in [5.41, 5.74) is 6.68. The SMILES string of the molecule is COc1ccc(C(=O)CCC(=O)N/N=C(\C)c2c(C)[nH]c3ccccc23)cc1OC. The third-order valence-electron chi connectivity index (χ3n) is 4.89. The van der Waals surface area contributed by atoms with Crippen LogP contribution in [0.15, 0.2) is 47.6 Å². The van der Waals surface area contributed by atoms with Crippen LogP contribution >= 0.6 is 0 Å². The monoisotopic (exact) mass is 407 g/mol. The van der Waals surface area contributed by atoms with Gasteiger partial charge >= 0.3 is 0 Å². The summed E-state index contributed by atoms with van der Waals surface area (Å²) in [4.78, 5) is 27.9. The summed E-state index contributed by atoms with van der Waals surface area (Å²) in [7, 11) is 3.04. The van der Waals surface area contributed by atoms with Crippen LogP contribution in [-0.2, 0) is 4.79 Å². The summed E-state index contributed by atoms with van der Waals surface area (Å²) in [6.07, 6.45) is 0.110. The summed E-state index contributed by atoms with van der Waals surface area (Å²) < 4.78 is 10.4. The zero-order chi connectivity index (χ0) is 21.7. The smallest absolute Gasteiger partial charge is 0.240 e. The molecule has 0 aliphatic carbocycles. The number of aryl methyl sites for hydroxylation is 1. The molecule has 1 amide bonds. The van der Waals surface area contributed by atoms with Gasteiger partial charge in [0, 0.05) is 40.6 Å². The highest BCUT2D eigenvalue weighted by Crippen LogP contribution is 2.28. The standard InChI is InChI=1S/C23H25N3O4/c1-14-23(17-7-5-6-8-18(17)24-14)15(2)25-26-22(28)12-10-19(27)16-9-11-20(29-3)21(13-16)30-4/h5-9,11,13,24H,10,12H2,1-4H3,(H,26,28)/b25-15+. The van der Waals surface area contributed by atoms with Crippen molar-refractivity contribution in [1.82, 2.24) is 10.4 Å². The number of nitrogens with one attached hydrogen (secondary N) is 2. The molecule has 156 valence electrons. The fourth-order valence-electron chi connectivity index (χ4n) is 3.38. The maximum absolute atomic E-state index is 12.4. The summed E-state index contributed by atoms with van der Waals surface area (Å²) in [5, 5.41) is 5.28. The fourth-order valence-corrected chi connectivity index (χ4v) is 3.38. The van der Waals surface area contributed by atoms with Gasteiger partial charge in [-0.15, -0.1) is 0 Å². The Morgan fingerprint density at radius 3 is 2.50 bits per heavy atom. The molecule has 0 spiro atoms. The molecule has 2 N–H and O–H groups in total. The Kier molecular flexibility index (Phi) is 6.51. The van der Waals surface area contributed by atoms with Crippen molar-refractivity contribution in [2.45, 2.75) is 26.7 Å². The van der Waals surface area contributed by atoms with Gasteiger partial charge in [0.1, 0.15) is 0 Å². The third-order valence-corrected chi connectivity index (χ3v) is 4.89. The first kappa shape index (κ1) is 21.1. The number of carbonyl (C=O) groups excluding carboxylic acids is 2. The average molecular weight is 407 g/mol. The first-order valence-corrected chi connectivity index (χ1v) is 9.60. The van der Waals surface area contributed by atoms with E-state index in [1.54, 1.807) is 18.2 Å². The predicted molar refractivity (Wildman–Crippen MR) is 116 cm³/mol. The van der Waals surface area contributed by atoms with Crippen LogP contribution in [0.25, 0.3) is 10.9 Å². The molecule has 7 heteroatoms. The number of nitrogens with zero attached hydrogens (tertiary/aromatic N) is 1. The van der Waals surface area contributed by atoms with Crippen molar-refractivity contribution >= 4 is 28.3 Å². The van der Waals surface area contributed by atoms with Crippen LogP contribution in [-0.4, -0.2) is 36.6 Å². The quantitative estimate of drug-likeness (QED) is 0.335. The molecule has 0 radical (unpaired) electrons. The lowest BCUT2D eigenvalue weighted by Gasteiger charge is -2.09. The summed E-state index contributed by atoms with van der Waals surface area (Å²) in [6.45, 7) is 3.82. The van der Waals surface area contributed by atoms with E-state index in [1.807, 2.05) is 38.1 Å². The molecule has 0 saturated carbocycles. The predicted octanol–water partition coefficient (Wildman–Crippen LogP) is 4.00. The van der Waals surface area contributed by atoms with Gasteiger partial charge < -0.3 is 14.5 Å². The van der Waals surface area contributed by atoms with E-state index in [-0.39, 0.29) is 24.5 Å². The van der Waals surface area contributed by atoms with Gasteiger partial charge in [0.05, 0.1) is 19.9 Å². The molecule has 0 bridgehead atoms. The number of benzene rings is 2. The number of aromatic nitrogens is 1. The number of H-pyrrole nitrogens is 1. The van der Waals surface area contributed by atoms with E-state index in [0.717, 1.165) is 22.2 Å². The van der Waals surface area contributed by atoms with Crippen molar-refractivity contribution in [3.63, 3.8) is 0 Å². The van der Waals surface area contributed by atoms with Crippen molar-refractivity contribution in [2.24, 2.45) is 5.10 Å². The Bertz CT molecular complexity index is 1110. The zero-order valence-corrected chi connectivity index (χ0v) is 17.5. The average Bonchev–Trinajstić information content (AvgIpc) is 3.10. The van der Waals surface area contributed by atoms with Crippen LogP contribution < -0.4 is 14.9 Å². The second kappa shape index (κ2) is 9.26. The molecule has 3 aromatic rings. The van der Waals surface area contributed by atoms with Gasteiger partial charge in [0.15, 0.2) is 17.3 Å². The molecule has 3 rings (SSSR count). The number of rotatable bonds is 8. The number of hydrazone groups is 1. The largest absolute Gasteiger partial charge is 0.493 e. The van der Waals surface area contributed by atoms with Gasteiger partial charge in [-0.05, 0) is 38.1 Å². The van der Waals surface area contributed by atoms with Gasteiger partial charge in [-0.3, -0.25) is 9.59 Å². The fraction of sp³-hybridized carbons (Fsp3) is 0.261. The number of amides is 1. The van der Waals surface area contributed by atoms with Gasteiger partial charge in [-0.2, -0.15) is 5.10 Å². The minimum absolute atomic E-state index is 0.0385. The molecule has 0 fully saturated rings. The van der Waals surface area contributed by atoms with Crippen LogP contribution in [0.3, 0.4) is 0 Å². The Morgan fingerprint density at radius 1 is 1.03 bits per heavy atom. The number of carbonyl (C=O) groups is 2. The Balaban J connectivity index is 1.62. The van der Waals surface area contributed by atoms with Gasteiger partial charge in [0.25, 0.3) is 0 Å². The first-order valence-electron chi connectivity index (χ1n) is 9.60.